The zero-order valence-corrected chi connectivity index (χ0v) is 13.7. The molecule has 3 amide bonds. The van der Waals surface area contributed by atoms with Crippen molar-refractivity contribution in [2.75, 3.05) is 18.0 Å². The number of carbonyl (C=O) groups is 3. The minimum atomic E-state index is -0.224. The number of amides is 3. The maximum Gasteiger partial charge on any atom is 0.228 e. The molecule has 128 valence electrons. The van der Waals surface area contributed by atoms with Gasteiger partial charge in [0.05, 0.1) is 0 Å². The fourth-order valence-electron chi connectivity index (χ4n) is 3.12. The van der Waals surface area contributed by atoms with Crippen molar-refractivity contribution in [3.8, 4) is 0 Å². The molecule has 0 spiro atoms. The van der Waals surface area contributed by atoms with Crippen LogP contribution in [0.1, 0.15) is 37.7 Å². The van der Waals surface area contributed by atoms with Gasteiger partial charge in [-0.1, -0.05) is 18.6 Å². The standard InChI is InChI=1S/C18H23N3O3/c22-16(11-14-5-1-2-8-19-18(14)24)20-12-13-4-3-6-15(10-13)21-9-7-17(21)23/h3-4,6,10,14H,1-2,5,7-9,11-12H2,(H,19,24)(H,20,22). The number of nitrogens with zero attached hydrogens (tertiary/aromatic N) is 1. The van der Waals surface area contributed by atoms with E-state index in [-0.39, 0.29) is 30.1 Å². The third kappa shape index (κ3) is 3.93. The predicted octanol–water partition coefficient (Wildman–Crippen LogP) is 1.35. The van der Waals surface area contributed by atoms with Gasteiger partial charge < -0.3 is 15.5 Å². The molecule has 2 aliphatic heterocycles. The number of hydrogen-bond donors (Lipinski definition) is 2. The molecule has 2 N–H and O–H groups in total. The number of benzene rings is 1. The fourth-order valence-corrected chi connectivity index (χ4v) is 3.12. The van der Waals surface area contributed by atoms with E-state index in [1.54, 1.807) is 4.90 Å². The van der Waals surface area contributed by atoms with Gasteiger partial charge in [0.2, 0.25) is 17.7 Å². The summed E-state index contributed by atoms with van der Waals surface area (Å²) in [6.45, 7) is 1.87. The van der Waals surface area contributed by atoms with Gasteiger partial charge in [-0.05, 0) is 30.5 Å². The first-order valence-corrected chi connectivity index (χ1v) is 8.57. The molecule has 3 rings (SSSR count). The van der Waals surface area contributed by atoms with E-state index in [1.807, 2.05) is 24.3 Å². The average Bonchev–Trinajstić information content (AvgIpc) is 2.77. The van der Waals surface area contributed by atoms with Crippen molar-refractivity contribution in [1.82, 2.24) is 10.6 Å². The number of carbonyl (C=O) groups excluding carboxylic acids is 3. The summed E-state index contributed by atoms with van der Waals surface area (Å²) < 4.78 is 0. The average molecular weight is 329 g/mol. The van der Waals surface area contributed by atoms with Crippen LogP contribution in [0.15, 0.2) is 24.3 Å². The summed E-state index contributed by atoms with van der Waals surface area (Å²) in [6.07, 6.45) is 3.56. The molecule has 0 radical (unpaired) electrons. The molecule has 0 aromatic heterocycles. The maximum atomic E-state index is 12.1. The van der Waals surface area contributed by atoms with Crippen molar-refractivity contribution < 1.29 is 14.4 Å². The topological polar surface area (TPSA) is 78.5 Å². The lowest BCUT2D eigenvalue weighted by Crippen LogP contribution is -2.43. The van der Waals surface area contributed by atoms with Crippen molar-refractivity contribution in [1.29, 1.82) is 0 Å². The molecule has 0 saturated carbocycles. The first kappa shape index (κ1) is 16.5. The van der Waals surface area contributed by atoms with Gasteiger partial charge in [-0.2, -0.15) is 0 Å². The summed E-state index contributed by atoms with van der Waals surface area (Å²) in [5.74, 6) is -0.212. The first-order valence-electron chi connectivity index (χ1n) is 8.57. The zero-order valence-electron chi connectivity index (χ0n) is 13.7. The van der Waals surface area contributed by atoms with Gasteiger partial charge in [-0.3, -0.25) is 14.4 Å². The molecule has 6 heteroatoms. The van der Waals surface area contributed by atoms with Crippen LogP contribution in [0.3, 0.4) is 0 Å². The highest BCUT2D eigenvalue weighted by molar-refractivity contribution is 5.99. The van der Waals surface area contributed by atoms with Crippen LogP contribution in [0.25, 0.3) is 0 Å². The largest absolute Gasteiger partial charge is 0.356 e. The van der Waals surface area contributed by atoms with E-state index in [1.165, 1.54) is 0 Å². The van der Waals surface area contributed by atoms with Crippen LogP contribution in [-0.4, -0.2) is 30.8 Å². The fraction of sp³-hybridized carbons (Fsp3) is 0.500. The molecule has 2 heterocycles. The van der Waals surface area contributed by atoms with Crippen molar-refractivity contribution in [3.05, 3.63) is 29.8 Å². The quantitative estimate of drug-likeness (QED) is 0.800. The van der Waals surface area contributed by atoms with Gasteiger partial charge in [0.1, 0.15) is 0 Å². The third-order valence-electron chi connectivity index (χ3n) is 4.64. The second-order valence-corrected chi connectivity index (χ2v) is 6.43. The van der Waals surface area contributed by atoms with Gasteiger partial charge in [0.25, 0.3) is 0 Å². The molecule has 0 bridgehead atoms. The molecule has 0 aliphatic carbocycles. The summed E-state index contributed by atoms with van der Waals surface area (Å²) in [7, 11) is 0. The van der Waals surface area contributed by atoms with Crippen LogP contribution in [-0.2, 0) is 20.9 Å². The molecule has 2 saturated heterocycles. The van der Waals surface area contributed by atoms with E-state index in [0.29, 0.717) is 19.5 Å². The van der Waals surface area contributed by atoms with Crippen LogP contribution < -0.4 is 15.5 Å². The molecular weight excluding hydrogens is 306 g/mol. The van der Waals surface area contributed by atoms with Gasteiger partial charge in [-0.25, -0.2) is 0 Å². The SMILES string of the molecule is O=C(CC1CCCCNC1=O)NCc1cccc(N2CCC2=O)c1. The lowest BCUT2D eigenvalue weighted by molar-refractivity contribution is -0.130. The summed E-state index contributed by atoms with van der Waals surface area (Å²) in [6, 6.07) is 7.64. The Morgan fingerprint density at radius 3 is 2.92 bits per heavy atom. The van der Waals surface area contributed by atoms with Crippen molar-refractivity contribution in [3.63, 3.8) is 0 Å². The van der Waals surface area contributed by atoms with Crippen molar-refractivity contribution in [2.24, 2.45) is 5.92 Å². The van der Waals surface area contributed by atoms with Crippen LogP contribution in [0.5, 0.6) is 0 Å². The molecule has 2 fully saturated rings. The summed E-state index contributed by atoms with van der Waals surface area (Å²) in [4.78, 5) is 37.3. The highest BCUT2D eigenvalue weighted by Crippen LogP contribution is 2.22. The number of anilines is 1. The second kappa shape index (κ2) is 7.47. The van der Waals surface area contributed by atoms with Crippen molar-refractivity contribution in [2.45, 2.75) is 38.6 Å². The number of rotatable bonds is 5. The van der Waals surface area contributed by atoms with E-state index >= 15 is 0 Å². The second-order valence-electron chi connectivity index (χ2n) is 6.43. The van der Waals surface area contributed by atoms with Crippen LogP contribution in [0.4, 0.5) is 5.69 Å². The Bertz CT molecular complexity index is 644. The Morgan fingerprint density at radius 2 is 2.17 bits per heavy atom. The van der Waals surface area contributed by atoms with Crippen LogP contribution >= 0.6 is 0 Å². The lowest BCUT2D eigenvalue weighted by atomic mass is 9.98. The molecule has 1 unspecified atom stereocenters. The van der Waals surface area contributed by atoms with E-state index in [2.05, 4.69) is 10.6 Å². The van der Waals surface area contributed by atoms with E-state index in [4.69, 9.17) is 0 Å². The molecule has 1 atom stereocenters. The Morgan fingerprint density at radius 1 is 1.29 bits per heavy atom. The van der Waals surface area contributed by atoms with E-state index < -0.39 is 0 Å². The molecule has 1 aromatic rings. The van der Waals surface area contributed by atoms with Gasteiger partial charge in [0, 0.05) is 44.1 Å². The smallest absolute Gasteiger partial charge is 0.228 e. The Kier molecular flexibility index (Phi) is 5.13. The normalized spacial score (nSPS) is 20.8. The number of hydrogen-bond acceptors (Lipinski definition) is 3. The zero-order chi connectivity index (χ0) is 16.9. The number of β-lactam (4-membered cyclic amide) rings is 1. The van der Waals surface area contributed by atoms with Crippen molar-refractivity contribution >= 4 is 23.4 Å². The molecule has 1 aromatic carbocycles. The highest BCUT2D eigenvalue weighted by atomic mass is 16.2. The van der Waals surface area contributed by atoms with Gasteiger partial charge >= 0.3 is 0 Å². The Hall–Kier alpha value is -2.37. The van der Waals surface area contributed by atoms with Crippen LogP contribution in [0.2, 0.25) is 0 Å². The molecular formula is C18H23N3O3. The summed E-state index contributed by atoms with van der Waals surface area (Å²) in [5.41, 5.74) is 1.83. The molecule has 2 aliphatic rings. The number of nitrogens with one attached hydrogen (secondary N) is 2. The van der Waals surface area contributed by atoms with E-state index in [0.717, 1.165) is 37.1 Å². The van der Waals surface area contributed by atoms with Crippen LogP contribution in [0, 0.1) is 5.92 Å². The highest BCUT2D eigenvalue weighted by Gasteiger charge is 2.25. The monoisotopic (exact) mass is 329 g/mol. The molecule has 24 heavy (non-hydrogen) atoms. The minimum Gasteiger partial charge on any atom is -0.356 e. The molecule has 6 nitrogen and oxygen atoms in total. The predicted molar refractivity (Wildman–Crippen MR) is 90.2 cm³/mol. The Labute approximate surface area is 141 Å². The van der Waals surface area contributed by atoms with Gasteiger partial charge in [-0.15, -0.1) is 0 Å². The van der Waals surface area contributed by atoms with E-state index in [9.17, 15) is 14.4 Å². The first-order chi connectivity index (χ1) is 11.6. The Balaban J connectivity index is 1.51. The summed E-state index contributed by atoms with van der Waals surface area (Å²) >= 11 is 0. The van der Waals surface area contributed by atoms with Gasteiger partial charge in [0.15, 0.2) is 0 Å². The third-order valence-corrected chi connectivity index (χ3v) is 4.64. The summed E-state index contributed by atoms with van der Waals surface area (Å²) in [5, 5.41) is 5.73. The minimum absolute atomic E-state index is 0.0130. The lowest BCUT2D eigenvalue weighted by Gasteiger charge is -2.30. The maximum absolute atomic E-state index is 12.1.